The van der Waals surface area contributed by atoms with Crippen molar-refractivity contribution in [3.05, 3.63) is 22.7 Å². The number of aromatic nitrogens is 2. The minimum absolute atomic E-state index is 0.466. The summed E-state index contributed by atoms with van der Waals surface area (Å²) in [6.45, 7) is 3.60. The van der Waals surface area contributed by atoms with Crippen molar-refractivity contribution in [3.8, 4) is 0 Å². The lowest BCUT2D eigenvalue weighted by Crippen LogP contribution is -2.22. The average Bonchev–Trinajstić information content (AvgIpc) is 2.05. The monoisotopic (exact) mass is 230 g/mol. The molecule has 0 aliphatic heterocycles. The zero-order valence-electron chi connectivity index (χ0n) is 7.08. The lowest BCUT2D eigenvalue weighted by atomic mass is 10.0. The Bertz CT molecular complexity index is 258. The third-order valence-corrected chi connectivity index (χ3v) is 2.20. The fourth-order valence-corrected chi connectivity index (χ4v) is 0.953. The summed E-state index contributed by atoms with van der Waals surface area (Å²) in [6, 6.07) is 0. The van der Waals surface area contributed by atoms with Gasteiger partial charge in [-0.1, -0.05) is 6.92 Å². The molecule has 0 fully saturated rings. The zero-order valence-corrected chi connectivity index (χ0v) is 8.67. The minimum atomic E-state index is -0.916. The predicted octanol–water partition coefficient (Wildman–Crippen LogP) is 1.86. The Kier molecular flexibility index (Phi) is 2.80. The molecule has 4 heteroatoms. The van der Waals surface area contributed by atoms with Crippen LogP contribution in [0, 0.1) is 0 Å². The number of aliphatic hydroxyl groups is 1. The van der Waals surface area contributed by atoms with Gasteiger partial charge in [0.25, 0.3) is 0 Å². The highest BCUT2D eigenvalue weighted by atomic mass is 79.9. The van der Waals surface area contributed by atoms with Crippen LogP contribution in [0.25, 0.3) is 0 Å². The second kappa shape index (κ2) is 3.49. The van der Waals surface area contributed by atoms with E-state index >= 15 is 0 Å². The Labute approximate surface area is 80.0 Å². The second-order valence-corrected chi connectivity index (χ2v) is 3.77. The van der Waals surface area contributed by atoms with E-state index in [0.29, 0.717) is 12.2 Å². The summed E-state index contributed by atoms with van der Waals surface area (Å²) in [5.74, 6) is 0.466. The first-order valence-corrected chi connectivity index (χ1v) is 4.56. The smallest absolute Gasteiger partial charge is 0.159 e. The van der Waals surface area contributed by atoms with E-state index in [-0.39, 0.29) is 0 Å². The van der Waals surface area contributed by atoms with Gasteiger partial charge in [-0.2, -0.15) is 0 Å². The van der Waals surface area contributed by atoms with Crippen LogP contribution in [0.2, 0.25) is 0 Å². The normalized spacial score (nSPS) is 15.7. The van der Waals surface area contributed by atoms with Gasteiger partial charge >= 0.3 is 0 Å². The third-order valence-electron chi connectivity index (χ3n) is 1.79. The summed E-state index contributed by atoms with van der Waals surface area (Å²) in [5.41, 5.74) is -0.916. The number of nitrogens with zero attached hydrogens (tertiary/aromatic N) is 2. The largest absolute Gasteiger partial charge is 0.382 e. The molecule has 1 aromatic rings. The van der Waals surface area contributed by atoms with Crippen LogP contribution in [0.5, 0.6) is 0 Å². The number of hydrogen-bond donors (Lipinski definition) is 1. The SMILES string of the molecule is CCC(C)(O)c1ncc(Br)cn1. The molecule has 0 spiro atoms. The third kappa shape index (κ3) is 2.01. The molecule has 0 aromatic carbocycles. The Morgan fingerprint density at radius 1 is 1.50 bits per heavy atom. The Morgan fingerprint density at radius 2 is 2.00 bits per heavy atom. The van der Waals surface area contributed by atoms with Gasteiger partial charge in [-0.3, -0.25) is 0 Å². The Balaban J connectivity index is 2.96. The molecule has 0 radical (unpaired) electrons. The van der Waals surface area contributed by atoms with Crippen LogP contribution < -0.4 is 0 Å². The molecule has 0 saturated carbocycles. The van der Waals surface area contributed by atoms with Crippen molar-refractivity contribution >= 4 is 15.9 Å². The molecule has 1 atom stereocenters. The molecular weight excluding hydrogens is 220 g/mol. The van der Waals surface area contributed by atoms with Crippen molar-refractivity contribution in [2.24, 2.45) is 0 Å². The van der Waals surface area contributed by atoms with Gasteiger partial charge in [-0.05, 0) is 29.3 Å². The summed E-state index contributed by atoms with van der Waals surface area (Å²) in [6.07, 6.45) is 3.87. The number of rotatable bonds is 2. The molecule has 3 nitrogen and oxygen atoms in total. The van der Waals surface area contributed by atoms with Gasteiger partial charge < -0.3 is 5.11 Å². The highest BCUT2D eigenvalue weighted by Crippen LogP contribution is 2.20. The second-order valence-electron chi connectivity index (χ2n) is 2.85. The van der Waals surface area contributed by atoms with Crippen molar-refractivity contribution in [3.63, 3.8) is 0 Å². The summed E-state index contributed by atoms with van der Waals surface area (Å²) >= 11 is 3.23. The molecule has 0 amide bonds. The first-order valence-electron chi connectivity index (χ1n) is 3.76. The molecular formula is C8H11BrN2O. The molecule has 1 rings (SSSR count). The molecule has 66 valence electrons. The fourth-order valence-electron chi connectivity index (χ4n) is 0.749. The average molecular weight is 231 g/mol. The fraction of sp³-hybridized carbons (Fsp3) is 0.500. The predicted molar refractivity (Wildman–Crippen MR) is 49.6 cm³/mol. The maximum atomic E-state index is 9.75. The highest BCUT2D eigenvalue weighted by molar-refractivity contribution is 9.10. The molecule has 0 bridgehead atoms. The van der Waals surface area contributed by atoms with Crippen molar-refractivity contribution in [1.82, 2.24) is 9.97 Å². The Morgan fingerprint density at radius 3 is 2.42 bits per heavy atom. The van der Waals surface area contributed by atoms with E-state index in [1.165, 1.54) is 0 Å². The van der Waals surface area contributed by atoms with E-state index in [2.05, 4.69) is 25.9 Å². The van der Waals surface area contributed by atoms with Crippen LogP contribution in [0.15, 0.2) is 16.9 Å². The van der Waals surface area contributed by atoms with Crippen LogP contribution in [-0.2, 0) is 5.60 Å². The van der Waals surface area contributed by atoms with E-state index in [4.69, 9.17) is 0 Å². The molecule has 1 N–H and O–H groups in total. The maximum Gasteiger partial charge on any atom is 0.159 e. The van der Waals surface area contributed by atoms with Gasteiger partial charge in [0, 0.05) is 12.4 Å². The topological polar surface area (TPSA) is 46.0 Å². The first kappa shape index (κ1) is 9.61. The van der Waals surface area contributed by atoms with Gasteiger partial charge in [0.15, 0.2) is 5.82 Å². The van der Waals surface area contributed by atoms with Gasteiger partial charge in [-0.25, -0.2) is 9.97 Å². The van der Waals surface area contributed by atoms with Crippen molar-refractivity contribution in [2.75, 3.05) is 0 Å². The van der Waals surface area contributed by atoms with Gasteiger partial charge in [0.05, 0.1) is 4.47 Å². The van der Waals surface area contributed by atoms with E-state index in [9.17, 15) is 5.11 Å². The molecule has 12 heavy (non-hydrogen) atoms. The number of halogens is 1. The van der Waals surface area contributed by atoms with Crippen LogP contribution >= 0.6 is 15.9 Å². The highest BCUT2D eigenvalue weighted by Gasteiger charge is 2.23. The quantitative estimate of drug-likeness (QED) is 0.844. The van der Waals surface area contributed by atoms with Crippen LogP contribution in [0.3, 0.4) is 0 Å². The van der Waals surface area contributed by atoms with E-state index in [1.54, 1.807) is 19.3 Å². The lowest BCUT2D eigenvalue weighted by Gasteiger charge is -2.18. The number of hydrogen-bond acceptors (Lipinski definition) is 3. The van der Waals surface area contributed by atoms with Crippen LogP contribution in [0.1, 0.15) is 26.1 Å². The Hall–Kier alpha value is -0.480. The van der Waals surface area contributed by atoms with Gasteiger partial charge in [0.2, 0.25) is 0 Å². The standard InChI is InChI=1S/C8H11BrN2O/c1-3-8(2,12)7-10-4-6(9)5-11-7/h4-5,12H,3H2,1-2H3. The summed E-state index contributed by atoms with van der Waals surface area (Å²) in [5, 5.41) is 9.75. The first-order chi connectivity index (χ1) is 5.56. The molecule has 1 heterocycles. The van der Waals surface area contributed by atoms with Crippen LogP contribution in [-0.4, -0.2) is 15.1 Å². The zero-order chi connectivity index (χ0) is 9.19. The summed E-state index contributed by atoms with van der Waals surface area (Å²) in [4.78, 5) is 8.03. The molecule has 0 aliphatic rings. The van der Waals surface area contributed by atoms with E-state index < -0.39 is 5.60 Å². The summed E-state index contributed by atoms with van der Waals surface area (Å²) < 4.78 is 0.818. The molecule has 1 aromatic heterocycles. The molecule has 0 aliphatic carbocycles. The summed E-state index contributed by atoms with van der Waals surface area (Å²) in [7, 11) is 0. The molecule has 1 unspecified atom stereocenters. The van der Waals surface area contributed by atoms with Crippen molar-refractivity contribution < 1.29 is 5.11 Å². The lowest BCUT2D eigenvalue weighted by molar-refractivity contribution is 0.0435. The van der Waals surface area contributed by atoms with Crippen molar-refractivity contribution in [2.45, 2.75) is 25.9 Å². The van der Waals surface area contributed by atoms with E-state index in [0.717, 1.165) is 4.47 Å². The van der Waals surface area contributed by atoms with Gasteiger partial charge in [0.1, 0.15) is 5.60 Å². The molecule has 0 saturated heterocycles. The van der Waals surface area contributed by atoms with E-state index in [1.807, 2.05) is 6.92 Å². The maximum absolute atomic E-state index is 9.75. The minimum Gasteiger partial charge on any atom is -0.382 e. The van der Waals surface area contributed by atoms with Crippen LogP contribution in [0.4, 0.5) is 0 Å². The van der Waals surface area contributed by atoms with Gasteiger partial charge in [-0.15, -0.1) is 0 Å². The van der Waals surface area contributed by atoms with Crippen molar-refractivity contribution in [1.29, 1.82) is 0 Å².